The molecule has 3 heterocycles. The summed E-state index contributed by atoms with van der Waals surface area (Å²) in [6.07, 6.45) is 2.44. The number of hydrogen-bond acceptors (Lipinski definition) is 7. The standard InChI is InChI=1S/C24H20BrN5O5/c25-16-5-7-17(8-6-16)29-19(10-4-15-3-9-18(26)20(12-15)30(32)33)24(28-14-34-13-22(28)31)23(27-29)21-2-1-11-35-21/h1-3,5-9,11-12H,4,10,13-14,26H2. The highest BCUT2D eigenvalue weighted by atomic mass is 79.9. The van der Waals surface area contributed by atoms with Gasteiger partial charge in [0.2, 0.25) is 0 Å². The van der Waals surface area contributed by atoms with Gasteiger partial charge in [-0.15, -0.1) is 0 Å². The van der Waals surface area contributed by atoms with Crippen molar-refractivity contribution in [2.45, 2.75) is 12.8 Å². The van der Waals surface area contributed by atoms with Gasteiger partial charge in [-0.3, -0.25) is 19.8 Å². The van der Waals surface area contributed by atoms with E-state index in [0.717, 1.165) is 21.4 Å². The molecule has 0 atom stereocenters. The molecule has 1 amide bonds. The summed E-state index contributed by atoms with van der Waals surface area (Å²) in [7, 11) is 0. The fourth-order valence-electron chi connectivity index (χ4n) is 4.06. The second-order valence-electron chi connectivity index (χ2n) is 7.96. The van der Waals surface area contributed by atoms with Crippen LogP contribution in [0.1, 0.15) is 11.3 Å². The number of nitrogens with zero attached hydrogens (tertiary/aromatic N) is 4. The predicted molar refractivity (Wildman–Crippen MR) is 132 cm³/mol. The average molecular weight is 538 g/mol. The van der Waals surface area contributed by atoms with E-state index >= 15 is 0 Å². The van der Waals surface area contributed by atoms with Crippen LogP contribution in [0.15, 0.2) is 69.8 Å². The van der Waals surface area contributed by atoms with Gasteiger partial charge in [-0.05, 0) is 60.9 Å². The van der Waals surface area contributed by atoms with Crippen molar-refractivity contribution in [2.24, 2.45) is 0 Å². The van der Waals surface area contributed by atoms with E-state index in [9.17, 15) is 14.9 Å². The zero-order valence-electron chi connectivity index (χ0n) is 18.4. The maximum absolute atomic E-state index is 12.7. The number of ether oxygens (including phenoxy) is 1. The molecule has 1 aliphatic rings. The first-order valence-corrected chi connectivity index (χ1v) is 11.5. The quantitative estimate of drug-likeness (QED) is 0.209. The summed E-state index contributed by atoms with van der Waals surface area (Å²) in [4.78, 5) is 25.1. The SMILES string of the molecule is Nc1ccc(CCc2c(N3COCC3=O)c(-c3ccco3)nn2-c2ccc(Br)cc2)cc1[N+](=O)[O-]. The molecule has 0 radical (unpaired) electrons. The van der Waals surface area contributed by atoms with E-state index < -0.39 is 4.92 Å². The lowest BCUT2D eigenvalue weighted by Gasteiger charge is -2.17. The normalized spacial score (nSPS) is 13.5. The van der Waals surface area contributed by atoms with Crippen LogP contribution < -0.4 is 10.6 Å². The number of nitro groups is 1. The summed E-state index contributed by atoms with van der Waals surface area (Å²) < 4.78 is 13.7. The molecule has 5 rings (SSSR count). The van der Waals surface area contributed by atoms with Crippen molar-refractivity contribution in [3.63, 3.8) is 0 Å². The highest BCUT2D eigenvalue weighted by Crippen LogP contribution is 2.37. The predicted octanol–water partition coefficient (Wildman–Crippen LogP) is 4.49. The van der Waals surface area contributed by atoms with Crippen LogP contribution in [0, 0.1) is 10.1 Å². The van der Waals surface area contributed by atoms with E-state index in [2.05, 4.69) is 15.9 Å². The lowest BCUT2D eigenvalue weighted by atomic mass is 10.0. The Morgan fingerprint density at radius 1 is 1.14 bits per heavy atom. The maximum atomic E-state index is 12.7. The third-order valence-electron chi connectivity index (χ3n) is 5.74. The number of carbonyl (C=O) groups is 1. The topological polar surface area (TPSA) is 130 Å². The molecule has 2 aromatic heterocycles. The van der Waals surface area contributed by atoms with Crippen molar-refractivity contribution in [3.8, 4) is 17.1 Å². The molecular weight excluding hydrogens is 518 g/mol. The number of carbonyl (C=O) groups excluding carboxylic acids is 1. The third kappa shape index (κ3) is 4.43. The Kier molecular flexibility index (Phi) is 6.10. The number of benzene rings is 2. The van der Waals surface area contributed by atoms with E-state index in [-0.39, 0.29) is 30.6 Å². The van der Waals surface area contributed by atoms with Gasteiger partial charge in [0.1, 0.15) is 19.0 Å². The van der Waals surface area contributed by atoms with Crippen molar-refractivity contribution in [2.75, 3.05) is 24.0 Å². The molecular formula is C24H20BrN5O5. The number of anilines is 2. The summed E-state index contributed by atoms with van der Waals surface area (Å²) in [5.41, 5.74) is 9.12. The Bertz CT molecular complexity index is 1400. The zero-order valence-corrected chi connectivity index (χ0v) is 20.0. The highest BCUT2D eigenvalue weighted by Gasteiger charge is 2.32. The first kappa shape index (κ1) is 22.8. The summed E-state index contributed by atoms with van der Waals surface area (Å²) in [6.45, 7) is 0.0730. The number of nitrogens with two attached hydrogens (primary N) is 1. The van der Waals surface area contributed by atoms with Gasteiger partial charge in [0.25, 0.3) is 11.6 Å². The molecule has 2 N–H and O–H groups in total. The van der Waals surface area contributed by atoms with Gasteiger partial charge in [-0.1, -0.05) is 22.0 Å². The molecule has 0 saturated carbocycles. The van der Waals surface area contributed by atoms with Crippen LogP contribution in [0.4, 0.5) is 17.1 Å². The molecule has 4 aromatic rings. The number of aryl methyl sites for hydroxylation is 1. The van der Waals surface area contributed by atoms with Crippen LogP contribution in [-0.4, -0.2) is 33.9 Å². The Hall–Kier alpha value is -3.96. The molecule has 1 saturated heterocycles. The van der Waals surface area contributed by atoms with E-state index in [1.54, 1.807) is 34.0 Å². The first-order chi connectivity index (χ1) is 16.9. The van der Waals surface area contributed by atoms with Gasteiger partial charge in [0, 0.05) is 10.5 Å². The lowest BCUT2D eigenvalue weighted by Crippen LogP contribution is -2.26. The summed E-state index contributed by atoms with van der Waals surface area (Å²) in [6, 6.07) is 15.9. The number of rotatable bonds is 7. The zero-order chi connectivity index (χ0) is 24.5. The number of nitro benzene ring substituents is 1. The second-order valence-corrected chi connectivity index (χ2v) is 8.87. The molecule has 1 aliphatic heterocycles. The fourth-order valence-corrected chi connectivity index (χ4v) is 4.32. The van der Waals surface area contributed by atoms with Crippen molar-refractivity contribution in [1.29, 1.82) is 0 Å². The van der Waals surface area contributed by atoms with E-state index in [4.69, 9.17) is 20.0 Å². The molecule has 35 heavy (non-hydrogen) atoms. The third-order valence-corrected chi connectivity index (χ3v) is 6.27. The van der Waals surface area contributed by atoms with Gasteiger partial charge in [-0.25, -0.2) is 4.68 Å². The van der Waals surface area contributed by atoms with Gasteiger partial charge >= 0.3 is 0 Å². The van der Waals surface area contributed by atoms with Crippen LogP contribution in [-0.2, 0) is 22.4 Å². The van der Waals surface area contributed by atoms with E-state index in [0.29, 0.717) is 30.0 Å². The Labute approximate surface area is 208 Å². The van der Waals surface area contributed by atoms with Gasteiger partial charge in [0.15, 0.2) is 11.5 Å². The van der Waals surface area contributed by atoms with Crippen LogP contribution in [0.5, 0.6) is 0 Å². The number of amides is 1. The summed E-state index contributed by atoms with van der Waals surface area (Å²) in [5, 5.41) is 16.2. The minimum absolute atomic E-state index is 0.0232. The van der Waals surface area contributed by atoms with Crippen LogP contribution in [0.3, 0.4) is 0 Å². The van der Waals surface area contributed by atoms with Crippen LogP contribution in [0.2, 0.25) is 0 Å². The minimum atomic E-state index is -0.494. The summed E-state index contributed by atoms with van der Waals surface area (Å²) >= 11 is 3.46. The number of furan rings is 1. The van der Waals surface area contributed by atoms with E-state index in [1.807, 2.05) is 24.3 Å². The highest BCUT2D eigenvalue weighted by molar-refractivity contribution is 9.10. The first-order valence-electron chi connectivity index (χ1n) is 10.7. The number of aromatic nitrogens is 2. The Morgan fingerprint density at radius 3 is 2.60 bits per heavy atom. The maximum Gasteiger partial charge on any atom is 0.292 e. The molecule has 11 heteroatoms. The molecule has 0 bridgehead atoms. The van der Waals surface area contributed by atoms with Gasteiger partial charge < -0.3 is 14.9 Å². The number of halogens is 1. The van der Waals surface area contributed by atoms with Gasteiger partial charge in [0.05, 0.1) is 28.3 Å². The molecule has 10 nitrogen and oxygen atoms in total. The van der Waals surface area contributed by atoms with Crippen LogP contribution in [0.25, 0.3) is 17.1 Å². The molecule has 1 fully saturated rings. The Balaban J connectivity index is 1.63. The van der Waals surface area contributed by atoms with Crippen molar-refractivity contribution >= 4 is 38.9 Å². The minimum Gasteiger partial charge on any atom is -0.463 e. The monoisotopic (exact) mass is 537 g/mol. The Morgan fingerprint density at radius 2 is 1.94 bits per heavy atom. The van der Waals surface area contributed by atoms with Gasteiger partial charge in [-0.2, -0.15) is 5.10 Å². The molecule has 0 aliphatic carbocycles. The van der Waals surface area contributed by atoms with Crippen molar-refractivity contribution in [1.82, 2.24) is 9.78 Å². The smallest absolute Gasteiger partial charge is 0.292 e. The van der Waals surface area contributed by atoms with Crippen molar-refractivity contribution < 1.29 is 18.9 Å². The molecule has 178 valence electrons. The summed E-state index contributed by atoms with van der Waals surface area (Å²) in [5.74, 6) is 0.331. The van der Waals surface area contributed by atoms with Crippen LogP contribution >= 0.6 is 15.9 Å². The lowest BCUT2D eigenvalue weighted by molar-refractivity contribution is -0.384. The largest absolute Gasteiger partial charge is 0.463 e. The second kappa shape index (κ2) is 9.35. The molecule has 2 aromatic carbocycles. The van der Waals surface area contributed by atoms with Crippen molar-refractivity contribution in [3.05, 3.63) is 86.7 Å². The molecule has 0 unspecified atom stereocenters. The number of hydrogen-bond donors (Lipinski definition) is 1. The fraction of sp³-hybridized carbons (Fsp3) is 0.167. The average Bonchev–Trinajstić information content (AvgIpc) is 3.58. The van der Waals surface area contributed by atoms with E-state index in [1.165, 1.54) is 12.1 Å². The molecule has 0 spiro atoms. The number of nitrogen functional groups attached to an aromatic ring is 1.